The zero-order valence-corrected chi connectivity index (χ0v) is 12.2. The number of nitrogens with zero attached hydrogens (tertiary/aromatic N) is 2. The van der Waals surface area contributed by atoms with Crippen molar-refractivity contribution in [1.82, 2.24) is 15.5 Å². The van der Waals surface area contributed by atoms with Crippen molar-refractivity contribution in [2.75, 3.05) is 6.54 Å². The van der Waals surface area contributed by atoms with E-state index in [1.807, 2.05) is 17.5 Å². The maximum atomic E-state index is 12.2. The minimum absolute atomic E-state index is 0.0680. The summed E-state index contributed by atoms with van der Waals surface area (Å²) in [6, 6.07) is 8.24. The van der Waals surface area contributed by atoms with Crippen molar-refractivity contribution in [3.8, 4) is 0 Å². The first-order chi connectivity index (χ1) is 10.6. The first-order valence-electron chi connectivity index (χ1n) is 6.58. The highest BCUT2D eigenvalue weighted by molar-refractivity contribution is 7.09. The van der Waals surface area contributed by atoms with Crippen molar-refractivity contribution < 1.29 is 9.72 Å². The maximum Gasteiger partial charge on any atom is 0.272 e. The molecule has 112 valence electrons. The lowest BCUT2D eigenvalue weighted by atomic mass is 10.2. The predicted octanol–water partition coefficient (Wildman–Crippen LogP) is 2.51. The number of carbonyl (C=O) groups excluding carboxylic acids is 1. The molecule has 2 heterocycles. The van der Waals surface area contributed by atoms with E-state index in [2.05, 4.69) is 15.5 Å². The van der Waals surface area contributed by atoms with Crippen LogP contribution in [0.3, 0.4) is 0 Å². The van der Waals surface area contributed by atoms with Gasteiger partial charge in [-0.2, -0.15) is 5.10 Å². The van der Waals surface area contributed by atoms with E-state index in [4.69, 9.17) is 0 Å². The highest BCUT2D eigenvalue weighted by Crippen LogP contribution is 2.22. The highest BCUT2D eigenvalue weighted by atomic mass is 32.1. The van der Waals surface area contributed by atoms with Gasteiger partial charge in [-0.25, -0.2) is 0 Å². The molecule has 0 saturated carbocycles. The van der Waals surface area contributed by atoms with E-state index in [1.165, 1.54) is 17.0 Å². The third-order valence-corrected chi connectivity index (χ3v) is 4.15. The number of rotatable bonds is 5. The summed E-state index contributed by atoms with van der Waals surface area (Å²) in [7, 11) is 0. The number of fused-ring (bicyclic) bond motifs is 1. The summed E-state index contributed by atoms with van der Waals surface area (Å²) in [5.74, 6) is -0.344. The molecule has 0 atom stereocenters. The van der Waals surface area contributed by atoms with Gasteiger partial charge in [0.25, 0.3) is 11.6 Å². The Bertz CT molecular complexity index is 826. The van der Waals surface area contributed by atoms with Crippen LogP contribution in [-0.2, 0) is 6.42 Å². The Hall–Kier alpha value is -2.74. The SMILES string of the molecule is O=C(NCCc1cccs1)c1n[nH]c2ccc([N+](=O)[O-])cc12. The predicted molar refractivity (Wildman–Crippen MR) is 83.1 cm³/mol. The van der Waals surface area contributed by atoms with Crippen molar-refractivity contribution in [1.29, 1.82) is 0 Å². The largest absolute Gasteiger partial charge is 0.350 e. The van der Waals surface area contributed by atoms with Crippen molar-refractivity contribution in [3.63, 3.8) is 0 Å². The van der Waals surface area contributed by atoms with Crippen LogP contribution in [0.15, 0.2) is 35.7 Å². The fourth-order valence-corrected chi connectivity index (χ4v) is 2.84. The van der Waals surface area contributed by atoms with E-state index < -0.39 is 4.92 Å². The van der Waals surface area contributed by atoms with Gasteiger partial charge < -0.3 is 5.32 Å². The van der Waals surface area contributed by atoms with Gasteiger partial charge in [0, 0.05) is 28.9 Å². The molecule has 0 aliphatic heterocycles. The normalized spacial score (nSPS) is 10.7. The number of hydrogen-bond acceptors (Lipinski definition) is 5. The summed E-state index contributed by atoms with van der Waals surface area (Å²) in [5.41, 5.74) is 0.695. The van der Waals surface area contributed by atoms with Crippen molar-refractivity contribution >= 4 is 33.8 Å². The molecule has 0 spiro atoms. The Morgan fingerprint density at radius 1 is 1.41 bits per heavy atom. The van der Waals surface area contributed by atoms with E-state index in [1.54, 1.807) is 17.4 Å². The van der Waals surface area contributed by atoms with Crippen LogP contribution in [0.1, 0.15) is 15.4 Å². The average Bonchev–Trinajstić information content (AvgIpc) is 3.15. The minimum atomic E-state index is -0.495. The van der Waals surface area contributed by atoms with Crippen LogP contribution >= 0.6 is 11.3 Å². The summed E-state index contributed by atoms with van der Waals surface area (Å²) < 4.78 is 0. The van der Waals surface area contributed by atoms with Crippen LogP contribution in [0.25, 0.3) is 10.9 Å². The number of carbonyl (C=O) groups is 1. The molecule has 22 heavy (non-hydrogen) atoms. The zero-order valence-electron chi connectivity index (χ0n) is 11.4. The van der Waals surface area contributed by atoms with Gasteiger partial charge in [0.1, 0.15) is 0 Å². The standard InChI is InChI=1S/C14H12N4O3S/c19-14(15-6-5-10-2-1-7-22-10)13-11-8-9(18(20)21)3-4-12(11)16-17-13/h1-4,7-8H,5-6H2,(H,15,19)(H,16,17). The van der Waals surface area contributed by atoms with E-state index >= 15 is 0 Å². The third-order valence-electron chi connectivity index (χ3n) is 3.21. The molecule has 8 heteroatoms. The second-order valence-electron chi connectivity index (χ2n) is 4.64. The van der Waals surface area contributed by atoms with Gasteiger partial charge in [-0.15, -0.1) is 11.3 Å². The fraction of sp³-hybridized carbons (Fsp3) is 0.143. The van der Waals surface area contributed by atoms with E-state index in [9.17, 15) is 14.9 Å². The molecule has 3 aromatic rings. The maximum absolute atomic E-state index is 12.2. The molecule has 2 N–H and O–H groups in total. The molecule has 0 saturated heterocycles. The van der Waals surface area contributed by atoms with Crippen molar-refractivity contribution in [2.24, 2.45) is 0 Å². The van der Waals surface area contributed by atoms with Crippen LogP contribution < -0.4 is 5.32 Å². The molecule has 0 radical (unpaired) electrons. The molecule has 1 amide bonds. The Balaban J connectivity index is 1.75. The number of aromatic amines is 1. The Morgan fingerprint density at radius 3 is 3.00 bits per heavy atom. The van der Waals surface area contributed by atoms with Gasteiger partial charge in [0.15, 0.2) is 5.69 Å². The zero-order chi connectivity index (χ0) is 15.5. The van der Waals surface area contributed by atoms with Gasteiger partial charge in [0.05, 0.1) is 10.4 Å². The minimum Gasteiger partial charge on any atom is -0.350 e. The molecule has 0 aliphatic rings. The fourth-order valence-electron chi connectivity index (χ4n) is 2.13. The number of nitro benzene ring substituents is 1. The summed E-state index contributed by atoms with van der Waals surface area (Å²) in [6.45, 7) is 0.489. The Labute approximate surface area is 129 Å². The Morgan fingerprint density at radius 2 is 2.27 bits per heavy atom. The monoisotopic (exact) mass is 316 g/mol. The Kier molecular flexibility index (Phi) is 3.84. The van der Waals surface area contributed by atoms with Gasteiger partial charge >= 0.3 is 0 Å². The molecule has 2 aromatic heterocycles. The molecule has 7 nitrogen and oxygen atoms in total. The van der Waals surface area contributed by atoms with Crippen LogP contribution in [0, 0.1) is 10.1 Å². The van der Waals surface area contributed by atoms with Crippen LogP contribution in [0.2, 0.25) is 0 Å². The average molecular weight is 316 g/mol. The lowest BCUT2D eigenvalue weighted by Crippen LogP contribution is -2.26. The highest BCUT2D eigenvalue weighted by Gasteiger charge is 2.16. The van der Waals surface area contributed by atoms with E-state index in [0.29, 0.717) is 17.4 Å². The molecular weight excluding hydrogens is 304 g/mol. The summed E-state index contributed by atoms with van der Waals surface area (Å²) >= 11 is 1.63. The van der Waals surface area contributed by atoms with Crippen LogP contribution in [-0.4, -0.2) is 27.6 Å². The number of thiophene rings is 1. The lowest BCUT2D eigenvalue weighted by molar-refractivity contribution is -0.384. The van der Waals surface area contributed by atoms with E-state index in [0.717, 1.165) is 6.42 Å². The van der Waals surface area contributed by atoms with Crippen molar-refractivity contribution in [2.45, 2.75) is 6.42 Å². The molecule has 1 aromatic carbocycles. The molecule has 0 unspecified atom stereocenters. The summed E-state index contributed by atoms with van der Waals surface area (Å²) in [5, 5.41) is 22.7. The first kappa shape index (κ1) is 14.2. The van der Waals surface area contributed by atoms with Gasteiger partial charge in [-0.3, -0.25) is 20.0 Å². The van der Waals surface area contributed by atoms with Gasteiger partial charge in [0.2, 0.25) is 0 Å². The van der Waals surface area contributed by atoms with E-state index in [-0.39, 0.29) is 17.3 Å². The second-order valence-corrected chi connectivity index (χ2v) is 5.68. The molecule has 0 bridgehead atoms. The number of nitro groups is 1. The molecular formula is C14H12N4O3S. The van der Waals surface area contributed by atoms with Crippen LogP contribution in [0.5, 0.6) is 0 Å². The smallest absolute Gasteiger partial charge is 0.272 e. The quantitative estimate of drug-likeness (QED) is 0.558. The summed E-state index contributed by atoms with van der Waals surface area (Å²) in [4.78, 5) is 23.7. The third kappa shape index (κ3) is 2.82. The number of H-pyrrole nitrogens is 1. The second kappa shape index (κ2) is 5.94. The number of aromatic nitrogens is 2. The number of nitrogens with one attached hydrogen (secondary N) is 2. The van der Waals surface area contributed by atoms with Gasteiger partial charge in [-0.1, -0.05) is 6.07 Å². The first-order valence-corrected chi connectivity index (χ1v) is 7.46. The molecule has 3 rings (SSSR count). The van der Waals surface area contributed by atoms with Crippen molar-refractivity contribution in [3.05, 3.63) is 56.4 Å². The summed E-state index contributed by atoms with van der Waals surface area (Å²) in [6.07, 6.45) is 0.742. The number of hydrogen-bond donors (Lipinski definition) is 2. The van der Waals surface area contributed by atoms with Gasteiger partial charge in [-0.05, 0) is 23.9 Å². The molecule has 0 fully saturated rings. The topological polar surface area (TPSA) is 101 Å². The number of benzene rings is 1. The van der Waals surface area contributed by atoms with Crippen LogP contribution in [0.4, 0.5) is 5.69 Å². The molecule has 0 aliphatic carbocycles. The lowest BCUT2D eigenvalue weighted by Gasteiger charge is -2.02. The number of amides is 1. The number of non-ortho nitro benzene ring substituents is 1.